The van der Waals surface area contributed by atoms with Crippen LogP contribution >= 0.6 is 11.3 Å². The van der Waals surface area contributed by atoms with Crippen molar-refractivity contribution in [2.75, 3.05) is 6.61 Å². The number of nitrogens with zero attached hydrogens (tertiary/aromatic N) is 5. The molecule has 0 atom stereocenters. The number of carbonyl (C=O) groups excluding carboxylic acids is 2. The van der Waals surface area contributed by atoms with Crippen molar-refractivity contribution in [2.24, 2.45) is 0 Å². The van der Waals surface area contributed by atoms with Crippen molar-refractivity contribution in [3.63, 3.8) is 0 Å². The maximum Gasteiger partial charge on any atom is 0.330 e. The molecule has 0 fully saturated rings. The van der Waals surface area contributed by atoms with Gasteiger partial charge in [0.05, 0.1) is 0 Å². The number of hydrogen-bond acceptors (Lipinski definition) is 7. The number of tetrazole rings is 1. The van der Waals surface area contributed by atoms with Gasteiger partial charge in [-0.3, -0.25) is 4.79 Å². The van der Waals surface area contributed by atoms with Crippen molar-refractivity contribution in [3.05, 3.63) is 39.8 Å². The topological polar surface area (TPSA) is 91.9 Å². The first kappa shape index (κ1) is 19.0. The van der Waals surface area contributed by atoms with Crippen LogP contribution in [0.2, 0.25) is 0 Å². The van der Waals surface area contributed by atoms with Gasteiger partial charge in [0.15, 0.2) is 13.2 Å². The van der Waals surface area contributed by atoms with Gasteiger partial charge in [0, 0.05) is 33.9 Å². The van der Waals surface area contributed by atoms with Crippen LogP contribution in [0.15, 0.2) is 22.9 Å². The molecule has 0 unspecified atom stereocenters. The van der Waals surface area contributed by atoms with E-state index in [9.17, 15) is 9.59 Å². The lowest BCUT2D eigenvalue weighted by atomic mass is 10.1. The van der Waals surface area contributed by atoms with Gasteiger partial charge < -0.3 is 9.30 Å². The Balaban J connectivity index is 1.58. The quantitative estimate of drug-likeness (QED) is 0.457. The smallest absolute Gasteiger partial charge is 0.330 e. The highest BCUT2D eigenvalue weighted by molar-refractivity contribution is 7.08. The molecule has 0 saturated carbocycles. The van der Waals surface area contributed by atoms with Gasteiger partial charge >= 0.3 is 5.97 Å². The van der Waals surface area contributed by atoms with E-state index in [1.165, 1.54) is 11.3 Å². The molecule has 3 aromatic rings. The number of rotatable bonds is 7. The predicted molar refractivity (Wildman–Crippen MR) is 101 cm³/mol. The molecule has 27 heavy (non-hydrogen) atoms. The standard InChI is InChI=1S/C18H21N5O3S/c1-11(2)23-12(3)7-15(13(23)4)16(24)9-26-17(25)8-22-20-18(19-21-22)14-5-6-27-10-14/h5-7,10-11H,8-9H2,1-4H3. The first-order valence-electron chi connectivity index (χ1n) is 8.54. The van der Waals surface area contributed by atoms with Crippen LogP contribution in [0.3, 0.4) is 0 Å². The molecular weight excluding hydrogens is 366 g/mol. The Morgan fingerprint density at radius 2 is 2.07 bits per heavy atom. The summed E-state index contributed by atoms with van der Waals surface area (Å²) >= 11 is 1.52. The van der Waals surface area contributed by atoms with Crippen LogP contribution in [0.5, 0.6) is 0 Å². The zero-order valence-electron chi connectivity index (χ0n) is 15.7. The van der Waals surface area contributed by atoms with E-state index in [2.05, 4.69) is 33.8 Å². The van der Waals surface area contributed by atoms with Crippen molar-refractivity contribution in [1.29, 1.82) is 0 Å². The molecule has 3 aromatic heterocycles. The molecule has 0 saturated heterocycles. The largest absolute Gasteiger partial charge is 0.456 e. The number of ketones is 1. The first-order chi connectivity index (χ1) is 12.9. The lowest BCUT2D eigenvalue weighted by Crippen LogP contribution is -2.20. The summed E-state index contributed by atoms with van der Waals surface area (Å²) in [6.45, 7) is 7.46. The maximum atomic E-state index is 12.4. The number of hydrogen-bond donors (Lipinski definition) is 0. The third-order valence-corrected chi connectivity index (χ3v) is 4.85. The van der Waals surface area contributed by atoms with E-state index in [-0.39, 0.29) is 25.0 Å². The SMILES string of the molecule is Cc1cc(C(=O)COC(=O)Cn2nnc(-c3ccsc3)n2)c(C)n1C(C)C. The summed E-state index contributed by atoms with van der Waals surface area (Å²) in [7, 11) is 0. The molecule has 0 aliphatic rings. The molecule has 0 amide bonds. The van der Waals surface area contributed by atoms with Crippen molar-refractivity contribution < 1.29 is 14.3 Å². The zero-order valence-corrected chi connectivity index (χ0v) is 16.5. The zero-order chi connectivity index (χ0) is 19.6. The van der Waals surface area contributed by atoms with Crippen molar-refractivity contribution >= 4 is 23.1 Å². The first-order valence-corrected chi connectivity index (χ1v) is 9.48. The third kappa shape index (κ3) is 4.13. The van der Waals surface area contributed by atoms with Crippen molar-refractivity contribution in [1.82, 2.24) is 24.8 Å². The monoisotopic (exact) mass is 387 g/mol. The van der Waals surface area contributed by atoms with Crippen LogP contribution in [0, 0.1) is 13.8 Å². The number of carbonyl (C=O) groups is 2. The minimum atomic E-state index is -0.588. The van der Waals surface area contributed by atoms with E-state index in [0.717, 1.165) is 21.7 Å². The Morgan fingerprint density at radius 1 is 1.30 bits per heavy atom. The Morgan fingerprint density at radius 3 is 2.70 bits per heavy atom. The number of esters is 1. The van der Waals surface area contributed by atoms with E-state index >= 15 is 0 Å². The normalized spacial score (nSPS) is 11.1. The van der Waals surface area contributed by atoms with Crippen LogP contribution in [0.25, 0.3) is 11.4 Å². The summed E-state index contributed by atoms with van der Waals surface area (Å²) in [4.78, 5) is 25.6. The van der Waals surface area contributed by atoms with Gasteiger partial charge in [-0.1, -0.05) is 0 Å². The molecule has 0 radical (unpaired) electrons. The fraction of sp³-hybridized carbons (Fsp3) is 0.389. The van der Waals surface area contributed by atoms with Gasteiger partial charge in [-0.05, 0) is 50.4 Å². The average Bonchev–Trinajstić information content (AvgIpc) is 3.32. The van der Waals surface area contributed by atoms with Crippen LogP contribution < -0.4 is 0 Å². The van der Waals surface area contributed by atoms with Gasteiger partial charge in [-0.2, -0.15) is 16.1 Å². The minimum Gasteiger partial charge on any atom is -0.456 e. The van der Waals surface area contributed by atoms with Gasteiger partial charge in [0.25, 0.3) is 0 Å². The van der Waals surface area contributed by atoms with Gasteiger partial charge in [-0.25, -0.2) is 4.79 Å². The van der Waals surface area contributed by atoms with E-state index in [0.29, 0.717) is 11.4 Å². The summed E-state index contributed by atoms with van der Waals surface area (Å²) in [6, 6.07) is 3.96. The van der Waals surface area contributed by atoms with Crippen LogP contribution in [-0.4, -0.2) is 43.1 Å². The van der Waals surface area contributed by atoms with Gasteiger partial charge in [0.2, 0.25) is 11.6 Å². The highest BCUT2D eigenvalue weighted by Crippen LogP contribution is 2.20. The molecule has 0 bridgehead atoms. The number of ether oxygens (including phenoxy) is 1. The maximum absolute atomic E-state index is 12.4. The van der Waals surface area contributed by atoms with Crippen LogP contribution in [-0.2, 0) is 16.1 Å². The van der Waals surface area contributed by atoms with E-state index in [1.54, 1.807) is 0 Å². The highest BCUT2D eigenvalue weighted by Gasteiger charge is 2.19. The summed E-state index contributed by atoms with van der Waals surface area (Å²) < 4.78 is 7.19. The summed E-state index contributed by atoms with van der Waals surface area (Å²) in [6.07, 6.45) is 0. The predicted octanol–water partition coefficient (Wildman–Crippen LogP) is 2.83. The van der Waals surface area contributed by atoms with Crippen LogP contribution in [0.4, 0.5) is 0 Å². The molecule has 0 spiro atoms. The second-order valence-electron chi connectivity index (χ2n) is 6.49. The molecule has 8 nitrogen and oxygen atoms in total. The Bertz CT molecular complexity index is 956. The summed E-state index contributed by atoms with van der Waals surface area (Å²) in [5.41, 5.74) is 3.30. The molecule has 0 aliphatic carbocycles. The third-order valence-electron chi connectivity index (χ3n) is 4.17. The lowest BCUT2D eigenvalue weighted by molar-refractivity contribution is -0.143. The Kier molecular flexibility index (Phi) is 5.50. The number of Topliss-reactive ketones (excluding diaryl/α,β-unsaturated/α-hetero) is 1. The number of aryl methyl sites for hydroxylation is 1. The molecule has 0 aromatic carbocycles. The fourth-order valence-electron chi connectivity index (χ4n) is 3.06. The molecule has 3 heterocycles. The lowest BCUT2D eigenvalue weighted by Gasteiger charge is -2.13. The van der Waals surface area contributed by atoms with E-state index < -0.39 is 5.97 Å². The molecule has 3 rings (SSSR count). The minimum absolute atomic E-state index is 0.199. The molecular formula is C18H21N5O3S. The number of aromatic nitrogens is 5. The second kappa shape index (κ2) is 7.83. The van der Waals surface area contributed by atoms with Crippen molar-refractivity contribution in [3.8, 4) is 11.4 Å². The Hall–Kier alpha value is -2.81. The molecule has 0 aliphatic heterocycles. The second-order valence-corrected chi connectivity index (χ2v) is 7.27. The van der Waals surface area contributed by atoms with Crippen molar-refractivity contribution in [2.45, 2.75) is 40.3 Å². The van der Waals surface area contributed by atoms with Gasteiger partial charge in [-0.15, -0.1) is 10.2 Å². The molecule has 9 heteroatoms. The Labute approximate surface area is 160 Å². The molecule has 0 N–H and O–H groups in total. The fourth-order valence-corrected chi connectivity index (χ4v) is 3.69. The van der Waals surface area contributed by atoms with E-state index in [1.807, 2.05) is 36.7 Å². The van der Waals surface area contributed by atoms with Crippen LogP contribution in [0.1, 0.15) is 41.6 Å². The number of thiophene rings is 1. The summed E-state index contributed by atoms with van der Waals surface area (Å²) in [5.74, 6) is -0.370. The highest BCUT2D eigenvalue weighted by atomic mass is 32.1. The summed E-state index contributed by atoms with van der Waals surface area (Å²) in [5, 5.41) is 15.7. The van der Waals surface area contributed by atoms with E-state index in [4.69, 9.17) is 4.74 Å². The molecule has 142 valence electrons. The average molecular weight is 387 g/mol. The van der Waals surface area contributed by atoms with Gasteiger partial charge in [0.1, 0.15) is 0 Å².